The van der Waals surface area contributed by atoms with Crippen molar-refractivity contribution in [3.8, 4) is 0 Å². The van der Waals surface area contributed by atoms with Crippen LogP contribution in [0.25, 0.3) is 0 Å². The highest BCUT2D eigenvalue weighted by molar-refractivity contribution is 6.07. The highest BCUT2D eigenvalue weighted by atomic mass is 16.4. The van der Waals surface area contributed by atoms with E-state index in [0.717, 1.165) is 24.8 Å². The zero-order chi connectivity index (χ0) is 16.9. The number of carboxylic acid groups (broad SMARTS) is 1. The Morgan fingerprint density at radius 3 is 2.70 bits per heavy atom. The molecule has 0 spiro atoms. The molecule has 1 N–H and O–H groups in total. The van der Waals surface area contributed by atoms with Gasteiger partial charge in [0.25, 0.3) is 0 Å². The Morgan fingerprint density at radius 1 is 1.17 bits per heavy atom. The van der Waals surface area contributed by atoms with E-state index in [4.69, 9.17) is 5.11 Å². The van der Waals surface area contributed by atoms with Gasteiger partial charge in [-0.05, 0) is 38.2 Å². The predicted molar refractivity (Wildman–Crippen MR) is 94.2 cm³/mol. The Labute approximate surface area is 139 Å². The summed E-state index contributed by atoms with van der Waals surface area (Å²) in [7, 11) is 0. The zero-order valence-electron chi connectivity index (χ0n) is 14.0. The Hall–Kier alpha value is -1.90. The summed E-state index contributed by atoms with van der Waals surface area (Å²) in [6.07, 6.45) is 20.9. The fourth-order valence-corrected chi connectivity index (χ4v) is 2.51. The number of carbonyl (C=O) groups excluding carboxylic acids is 1. The largest absolute Gasteiger partial charge is 0.481 e. The quantitative estimate of drug-likeness (QED) is 0.331. The first-order valence-corrected chi connectivity index (χ1v) is 8.61. The fraction of sp³-hybridized carbons (Fsp3) is 0.500. The minimum atomic E-state index is -0.751. The van der Waals surface area contributed by atoms with Gasteiger partial charge in [0.2, 0.25) is 0 Å². The maximum absolute atomic E-state index is 11.9. The molecule has 1 atom stereocenters. The maximum Gasteiger partial charge on any atom is 0.303 e. The molecule has 126 valence electrons. The Bertz CT molecular complexity index is 495. The molecule has 3 nitrogen and oxygen atoms in total. The van der Waals surface area contributed by atoms with Crippen molar-refractivity contribution in [3.63, 3.8) is 0 Å². The summed E-state index contributed by atoms with van der Waals surface area (Å²) in [6, 6.07) is 0. The van der Waals surface area contributed by atoms with Crippen molar-refractivity contribution >= 4 is 11.8 Å². The van der Waals surface area contributed by atoms with E-state index in [2.05, 4.69) is 13.0 Å². The summed E-state index contributed by atoms with van der Waals surface area (Å²) >= 11 is 0. The number of carboxylic acids is 1. The SMILES string of the molecule is CCCCC/C=C/C=C1/C(=O)C=C[C@@H]1CC=CCCCC(=O)O. The van der Waals surface area contributed by atoms with Gasteiger partial charge in [-0.25, -0.2) is 0 Å². The number of hydrogen-bond acceptors (Lipinski definition) is 2. The molecular formula is C20H28O3. The summed E-state index contributed by atoms with van der Waals surface area (Å²) in [5.41, 5.74) is 0.854. The highest BCUT2D eigenvalue weighted by Crippen LogP contribution is 2.25. The van der Waals surface area contributed by atoms with E-state index in [9.17, 15) is 9.59 Å². The lowest BCUT2D eigenvalue weighted by molar-refractivity contribution is -0.137. The van der Waals surface area contributed by atoms with Crippen molar-refractivity contribution in [2.24, 2.45) is 5.92 Å². The summed E-state index contributed by atoms with van der Waals surface area (Å²) in [6.45, 7) is 2.19. The van der Waals surface area contributed by atoms with Crippen molar-refractivity contribution in [2.45, 2.75) is 58.3 Å². The molecule has 1 rings (SSSR count). The third kappa shape index (κ3) is 8.34. The molecule has 0 bridgehead atoms. The molecule has 0 fully saturated rings. The smallest absolute Gasteiger partial charge is 0.303 e. The van der Waals surface area contributed by atoms with Crippen LogP contribution in [0.3, 0.4) is 0 Å². The number of hydrogen-bond donors (Lipinski definition) is 1. The average Bonchev–Trinajstić information content (AvgIpc) is 2.86. The third-order valence-corrected chi connectivity index (χ3v) is 3.87. The molecule has 0 unspecified atom stereocenters. The van der Waals surface area contributed by atoms with Crippen LogP contribution in [0.2, 0.25) is 0 Å². The Kier molecular flexibility index (Phi) is 9.69. The van der Waals surface area contributed by atoms with Crippen LogP contribution in [0.4, 0.5) is 0 Å². The summed E-state index contributed by atoms with van der Waals surface area (Å²) in [5, 5.41) is 8.57. The van der Waals surface area contributed by atoms with Crippen molar-refractivity contribution in [2.75, 3.05) is 0 Å². The second kappa shape index (κ2) is 11.6. The van der Waals surface area contributed by atoms with Crippen molar-refractivity contribution < 1.29 is 14.7 Å². The van der Waals surface area contributed by atoms with Crippen LogP contribution in [0.15, 0.2) is 48.1 Å². The second-order valence-corrected chi connectivity index (χ2v) is 5.87. The van der Waals surface area contributed by atoms with Crippen molar-refractivity contribution in [1.29, 1.82) is 0 Å². The van der Waals surface area contributed by atoms with Crippen molar-refractivity contribution in [1.82, 2.24) is 0 Å². The first-order valence-electron chi connectivity index (χ1n) is 8.61. The normalized spacial score (nSPS) is 19.6. The minimum absolute atomic E-state index is 0.104. The van der Waals surface area contributed by atoms with E-state index >= 15 is 0 Å². The molecule has 23 heavy (non-hydrogen) atoms. The number of ketones is 1. The van der Waals surface area contributed by atoms with Crippen LogP contribution < -0.4 is 0 Å². The predicted octanol–water partition coefficient (Wildman–Crippen LogP) is 5.01. The van der Waals surface area contributed by atoms with E-state index in [1.807, 2.05) is 30.4 Å². The van der Waals surface area contributed by atoms with Gasteiger partial charge < -0.3 is 5.11 Å². The molecule has 3 heteroatoms. The summed E-state index contributed by atoms with van der Waals surface area (Å²) in [5.74, 6) is -0.496. The lowest BCUT2D eigenvalue weighted by Crippen LogP contribution is -2.01. The van der Waals surface area contributed by atoms with Gasteiger partial charge >= 0.3 is 5.97 Å². The third-order valence-electron chi connectivity index (χ3n) is 3.87. The molecule has 0 heterocycles. The van der Waals surface area contributed by atoms with Gasteiger partial charge in [0, 0.05) is 17.9 Å². The van der Waals surface area contributed by atoms with Gasteiger partial charge in [-0.15, -0.1) is 0 Å². The van der Waals surface area contributed by atoms with Gasteiger partial charge in [0.05, 0.1) is 0 Å². The number of carbonyl (C=O) groups is 2. The molecule has 1 aliphatic rings. The molecule has 0 aromatic heterocycles. The minimum Gasteiger partial charge on any atom is -0.481 e. The van der Waals surface area contributed by atoms with Crippen LogP contribution in [-0.4, -0.2) is 16.9 Å². The fourth-order valence-electron chi connectivity index (χ4n) is 2.51. The van der Waals surface area contributed by atoms with Crippen LogP contribution >= 0.6 is 0 Å². The molecule has 0 amide bonds. The number of allylic oxidation sites excluding steroid dienone is 8. The number of unbranched alkanes of at least 4 members (excludes halogenated alkanes) is 4. The monoisotopic (exact) mass is 316 g/mol. The van der Waals surface area contributed by atoms with Gasteiger partial charge in [0.1, 0.15) is 0 Å². The van der Waals surface area contributed by atoms with E-state index in [1.54, 1.807) is 6.08 Å². The first kappa shape index (κ1) is 19.1. The summed E-state index contributed by atoms with van der Waals surface area (Å²) in [4.78, 5) is 22.3. The molecule has 0 radical (unpaired) electrons. The molecular weight excluding hydrogens is 288 g/mol. The molecule has 1 aliphatic carbocycles. The van der Waals surface area contributed by atoms with E-state index in [-0.39, 0.29) is 18.1 Å². The van der Waals surface area contributed by atoms with E-state index in [1.165, 1.54) is 19.3 Å². The lowest BCUT2D eigenvalue weighted by atomic mass is 9.97. The topological polar surface area (TPSA) is 54.4 Å². The number of rotatable bonds is 11. The maximum atomic E-state index is 11.9. The molecule has 0 aliphatic heterocycles. The molecule has 0 aromatic rings. The second-order valence-electron chi connectivity index (χ2n) is 5.87. The molecule has 0 aromatic carbocycles. The van der Waals surface area contributed by atoms with Crippen molar-refractivity contribution in [3.05, 3.63) is 48.1 Å². The molecule has 0 saturated heterocycles. The standard InChI is InChI=1S/C20H28O3/c1-2-3-4-5-6-10-13-18-17(15-16-19(18)21)12-9-7-8-11-14-20(22)23/h6-7,9-10,13,15-17H,2-5,8,11-12,14H2,1H3,(H,22,23)/b9-7?,10-6+,18-13+/t17-/m0/s1. The van der Waals surface area contributed by atoms with Gasteiger partial charge in [-0.2, -0.15) is 0 Å². The van der Waals surface area contributed by atoms with Crippen LogP contribution in [-0.2, 0) is 9.59 Å². The lowest BCUT2D eigenvalue weighted by Gasteiger charge is -2.06. The van der Waals surface area contributed by atoms with E-state index < -0.39 is 5.97 Å². The van der Waals surface area contributed by atoms with Gasteiger partial charge in [0.15, 0.2) is 5.78 Å². The van der Waals surface area contributed by atoms with Crippen LogP contribution in [0.1, 0.15) is 58.3 Å². The Morgan fingerprint density at radius 2 is 1.96 bits per heavy atom. The first-order chi connectivity index (χ1) is 11.1. The van der Waals surface area contributed by atoms with Crippen LogP contribution in [0, 0.1) is 5.92 Å². The van der Waals surface area contributed by atoms with Crippen LogP contribution in [0.5, 0.6) is 0 Å². The molecule has 0 saturated carbocycles. The van der Waals surface area contributed by atoms with E-state index in [0.29, 0.717) is 6.42 Å². The zero-order valence-corrected chi connectivity index (χ0v) is 14.0. The summed E-state index contributed by atoms with van der Waals surface area (Å²) < 4.78 is 0. The number of aliphatic carboxylic acids is 1. The average molecular weight is 316 g/mol. The Balaban J connectivity index is 2.38. The highest BCUT2D eigenvalue weighted by Gasteiger charge is 2.20. The van der Waals surface area contributed by atoms with Gasteiger partial charge in [-0.1, -0.05) is 56.2 Å². The van der Waals surface area contributed by atoms with Gasteiger partial charge in [-0.3, -0.25) is 9.59 Å².